The Balaban J connectivity index is 2.78. The van der Waals surface area contributed by atoms with E-state index in [1.165, 1.54) is 13.4 Å². The molecule has 0 aromatic carbocycles. The monoisotopic (exact) mass is 341 g/mol. The van der Waals surface area contributed by atoms with Crippen molar-refractivity contribution < 1.29 is 33.8 Å². The molecule has 8 heteroatoms. The molecule has 1 aliphatic heterocycles. The molecule has 0 saturated heterocycles. The number of rotatable bonds is 9. The number of hydroxylamine groups is 1. The standard InChI is InChI=1S/C16H23NO7/c1-4-11-12(5-2)16(23-9-13(11)15(21)22-3)24-17-10(8-18)6-7-14(19)20/h5,8-11,16-17H,4,6-7H2,1-3H3,(H,19,20)/b12-5+/t10-,11?,16?/m1/s1. The number of hydrogen-bond acceptors (Lipinski definition) is 7. The molecule has 24 heavy (non-hydrogen) atoms. The summed E-state index contributed by atoms with van der Waals surface area (Å²) >= 11 is 0. The Kier molecular flexibility index (Phi) is 8.14. The van der Waals surface area contributed by atoms with Crippen LogP contribution in [0.3, 0.4) is 0 Å². The second-order valence-electron chi connectivity index (χ2n) is 5.19. The van der Waals surface area contributed by atoms with Crippen molar-refractivity contribution in [2.45, 2.75) is 45.4 Å². The highest BCUT2D eigenvalue weighted by Crippen LogP contribution is 2.33. The second kappa shape index (κ2) is 9.84. The maximum absolute atomic E-state index is 11.8. The van der Waals surface area contributed by atoms with Gasteiger partial charge in [0.2, 0.25) is 6.29 Å². The van der Waals surface area contributed by atoms with Crippen LogP contribution in [0.5, 0.6) is 0 Å². The molecule has 3 atom stereocenters. The number of ether oxygens (including phenoxy) is 2. The third-order valence-electron chi connectivity index (χ3n) is 3.69. The van der Waals surface area contributed by atoms with E-state index in [1.807, 2.05) is 6.92 Å². The van der Waals surface area contributed by atoms with Crippen molar-refractivity contribution in [3.05, 3.63) is 23.5 Å². The molecular formula is C16H23NO7. The number of aldehydes is 1. The molecule has 0 aliphatic carbocycles. The lowest BCUT2D eigenvalue weighted by molar-refractivity contribution is -0.154. The first-order valence-corrected chi connectivity index (χ1v) is 7.66. The Bertz CT molecular complexity index is 527. The third kappa shape index (κ3) is 5.17. The van der Waals surface area contributed by atoms with Crippen LogP contribution in [0.4, 0.5) is 0 Å². The molecular weight excluding hydrogens is 318 g/mol. The largest absolute Gasteiger partial charge is 0.481 e. The topological polar surface area (TPSA) is 111 Å². The molecule has 1 heterocycles. The second-order valence-corrected chi connectivity index (χ2v) is 5.19. The minimum absolute atomic E-state index is 0.0944. The number of nitrogens with one attached hydrogen (secondary N) is 1. The number of carboxylic acids is 1. The molecule has 0 radical (unpaired) electrons. The van der Waals surface area contributed by atoms with Gasteiger partial charge in [0.15, 0.2) is 0 Å². The van der Waals surface area contributed by atoms with Crippen molar-refractivity contribution in [3.8, 4) is 0 Å². The Morgan fingerprint density at radius 1 is 1.50 bits per heavy atom. The number of carboxylic acid groups (broad SMARTS) is 1. The molecule has 2 N–H and O–H groups in total. The van der Waals surface area contributed by atoms with Gasteiger partial charge < -0.3 is 19.4 Å². The van der Waals surface area contributed by atoms with Crippen LogP contribution in [0.25, 0.3) is 0 Å². The van der Waals surface area contributed by atoms with E-state index in [1.54, 1.807) is 13.0 Å². The predicted molar refractivity (Wildman–Crippen MR) is 83.5 cm³/mol. The number of aliphatic carboxylic acids is 1. The average Bonchev–Trinajstić information content (AvgIpc) is 2.59. The molecule has 1 rings (SSSR count). The van der Waals surface area contributed by atoms with Gasteiger partial charge in [0.05, 0.1) is 25.0 Å². The van der Waals surface area contributed by atoms with Gasteiger partial charge in [-0.05, 0) is 19.8 Å². The van der Waals surface area contributed by atoms with Crippen molar-refractivity contribution in [1.29, 1.82) is 0 Å². The van der Waals surface area contributed by atoms with Gasteiger partial charge in [-0.3, -0.25) is 9.63 Å². The van der Waals surface area contributed by atoms with E-state index in [9.17, 15) is 14.4 Å². The highest BCUT2D eigenvalue weighted by Gasteiger charge is 2.34. The minimum Gasteiger partial charge on any atom is -0.481 e. The van der Waals surface area contributed by atoms with Gasteiger partial charge in [-0.1, -0.05) is 13.0 Å². The number of hydrogen-bond donors (Lipinski definition) is 2. The zero-order valence-corrected chi connectivity index (χ0v) is 14.0. The molecule has 2 unspecified atom stereocenters. The lowest BCUT2D eigenvalue weighted by Crippen LogP contribution is -2.39. The fraction of sp³-hybridized carbons (Fsp3) is 0.562. The quantitative estimate of drug-likeness (QED) is 0.280. The van der Waals surface area contributed by atoms with Crippen LogP contribution in [-0.2, 0) is 28.7 Å². The number of esters is 1. The maximum Gasteiger partial charge on any atom is 0.337 e. The Morgan fingerprint density at radius 2 is 2.21 bits per heavy atom. The third-order valence-corrected chi connectivity index (χ3v) is 3.69. The van der Waals surface area contributed by atoms with Crippen molar-refractivity contribution in [2.75, 3.05) is 7.11 Å². The van der Waals surface area contributed by atoms with Gasteiger partial charge >= 0.3 is 11.9 Å². The van der Waals surface area contributed by atoms with Gasteiger partial charge in [0.25, 0.3) is 0 Å². The van der Waals surface area contributed by atoms with E-state index in [-0.39, 0.29) is 18.8 Å². The molecule has 0 spiro atoms. The first-order chi connectivity index (χ1) is 11.5. The van der Waals surface area contributed by atoms with Gasteiger partial charge in [-0.25, -0.2) is 4.79 Å². The molecule has 0 aromatic rings. The smallest absolute Gasteiger partial charge is 0.337 e. The highest BCUT2D eigenvalue weighted by molar-refractivity contribution is 5.89. The first kappa shape index (κ1) is 19.9. The molecule has 8 nitrogen and oxygen atoms in total. The van der Waals surface area contributed by atoms with Crippen molar-refractivity contribution >= 4 is 18.2 Å². The molecule has 0 aromatic heterocycles. The van der Waals surface area contributed by atoms with Crippen LogP contribution in [0.2, 0.25) is 0 Å². The van der Waals surface area contributed by atoms with Crippen molar-refractivity contribution in [1.82, 2.24) is 5.48 Å². The summed E-state index contributed by atoms with van der Waals surface area (Å²) in [6, 6.07) is -0.770. The number of allylic oxidation sites excluding steroid dienone is 1. The van der Waals surface area contributed by atoms with Crippen LogP contribution in [0.1, 0.15) is 33.1 Å². The summed E-state index contributed by atoms with van der Waals surface area (Å²) in [5.74, 6) is -1.69. The van der Waals surface area contributed by atoms with Crippen LogP contribution in [0, 0.1) is 5.92 Å². The Labute approximate surface area is 140 Å². The van der Waals surface area contributed by atoms with Crippen molar-refractivity contribution in [3.63, 3.8) is 0 Å². The van der Waals surface area contributed by atoms with Crippen LogP contribution in [0.15, 0.2) is 23.5 Å². The fourth-order valence-corrected chi connectivity index (χ4v) is 2.42. The lowest BCUT2D eigenvalue weighted by Gasteiger charge is -2.31. The van der Waals surface area contributed by atoms with Crippen molar-refractivity contribution in [2.24, 2.45) is 5.92 Å². The van der Waals surface area contributed by atoms with Gasteiger partial charge in [-0.2, -0.15) is 5.48 Å². The van der Waals surface area contributed by atoms with E-state index in [0.29, 0.717) is 18.3 Å². The molecule has 0 saturated carbocycles. The summed E-state index contributed by atoms with van der Waals surface area (Å²) in [6.07, 6.45) is 3.41. The predicted octanol–water partition coefficient (Wildman–Crippen LogP) is 1.33. The van der Waals surface area contributed by atoms with E-state index >= 15 is 0 Å². The Hall–Kier alpha value is -2.19. The SMILES string of the molecule is C/C=C1/C(ON[C@@H](C=O)CCC(=O)O)OC=C(C(=O)OC)C1CC. The summed E-state index contributed by atoms with van der Waals surface area (Å²) in [4.78, 5) is 38.8. The molecule has 0 amide bonds. The van der Waals surface area contributed by atoms with Crippen LogP contribution < -0.4 is 5.48 Å². The van der Waals surface area contributed by atoms with E-state index in [0.717, 1.165) is 5.57 Å². The minimum atomic E-state index is -0.997. The summed E-state index contributed by atoms with van der Waals surface area (Å²) in [5, 5.41) is 8.66. The zero-order chi connectivity index (χ0) is 18.1. The van der Waals surface area contributed by atoms with E-state index in [2.05, 4.69) is 5.48 Å². The van der Waals surface area contributed by atoms with Crippen LogP contribution >= 0.6 is 0 Å². The number of methoxy groups -OCH3 is 1. The summed E-state index contributed by atoms with van der Waals surface area (Å²) in [6.45, 7) is 3.71. The molecule has 134 valence electrons. The Morgan fingerprint density at radius 3 is 2.71 bits per heavy atom. The zero-order valence-electron chi connectivity index (χ0n) is 14.0. The number of carbonyl (C=O) groups is 3. The van der Waals surface area contributed by atoms with E-state index < -0.39 is 24.3 Å². The van der Waals surface area contributed by atoms with Gasteiger partial charge in [0.1, 0.15) is 6.29 Å². The normalized spacial score (nSPS) is 23.1. The average molecular weight is 341 g/mol. The summed E-state index contributed by atoms with van der Waals surface area (Å²) < 4.78 is 10.2. The summed E-state index contributed by atoms with van der Waals surface area (Å²) in [7, 11) is 1.30. The first-order valence-electron chi connectivity index (χ1n) is 7.66. The van der Waals surface area contributed by atoms with E-state index in [4.69, 9.17) is 19.4 Å². The van der Waals surface area contributed by atoms with Gasteiger partial charge in [0, 0.05) is 17.9 Å². The van der Waals surface area contributed by atoms with Crippen LogP contribution in [-0.4, -0.2) is 42.8 Å². The lowest BCUT2D eigenvalue weighted by atomic mass is 9.87. The molecule has 1 aliphatic rings. The highest BCUT2D eigenvalue weighted by atomic mass is 16.8. The number of carbonyl (C=O) groups excluding carboxylic acids is 2. The summed E-state index contributed by atoms with van der Waals surface area (Å²) in [5.41, 5.74) is 3.63. The molecule has 0 bridgehead atoms. The van der Waals surface area contributed by atoms with Gasteiger partial charge in [-0.15, -0.1) is 0 Å². The molecule has 0 fully saturated rings. The fourth-order valence-electron chi connectivity index (χ4n) is 2.42. The maximum atomic E-state index is 11.8.